The molecule has 140 valence electrons. The number of hydrogen-bond donors (Lipinski definition) is 1. The molecule has 1 aliphatic heterocycles. The van der Waals surface area contributed by atoms with Crippen LogP contribution in [0.15, 0.2) is 6.33 Å². The first-order chi connectivity index (χ1) is 12.6. The molecule has 26 heavy (non-hydrogen) atoms. The minimum atomic E-state index is -0.754. The van der Waals surface area contributed by atoms with Crippen molar-refractivity contribution in [1.82, 2.24) is 14.9 Å². The van der Waals surface area contributed by atoms with Crippen LogP contribution in [0.3, 0.4) is 0 Å². The summed E-state index contributed by atoms with van der Waals surface area (Å²) in [6, 6.07) is 0.324. The van der Waals surface area contributed by atoms with Crippen LogP contribution in [0.25, 0.3) is 10.2 Å². The lowest BCUT2D eigenvalue weighted by atomic mass is 9.97. The first-order valence-corrected chi connectivity index (χ1v) is 10.4. The molecular formula is C19H26N4O2S. The molecule has 1 N–H and O–H groups in total. The number of likely N-dealkylation sites (N-methyl/N-ethyl adjacent to an activating group) is 1. The van der Waals surface area contributed by atoms with Crippen LogP contribution in [0.5, 0.6) is 0 Å². The molecule has 2 aromatic heterocycles. The van der Waals surface area contributed by atoms with Crippen molar-refractivity contribution in [3.63, 3.8) is 0 Å². The number of anilines is 1. The Hall–Kier alpha value is -1.73. The predicted octanol–water partition coefficient (Wildman–Crippen LogP) is 2.95. The van der Waals surface area contributed by atoms with Gasteiger partial charge in [0.1, 0.15) is 17.0 Å². The van der Waals surface area contributed by atoms with Gasteiger partial charge in [0.2, 0.25) is 0 Å². The number of thiophene rings is 1. The lowest BCUT2D eigenvalue weighted by Gasteiger charge is -2.26. The fourth-order valence-corrected chi connectivity index (χ4v) is 5.61. The van der Waals surface area contributed by atoms with Gasteiger partial charge < -0.3 is 10.0 Å². The summed E-state index contributed by atoms with van der Waals surface area (Å²) in [5.41, 5.74) is 1.48. The van der Waals surface area contributed by atoms with Gasteiger partial charge >= 0.3 is 5.97 Å². The Balaban J connectivity index is 1.58. The van der Waals surface area contributed by atoms with E-state index in [0.29, 0.717) is 6.04 Å². The fraction of sp³-hybridized carbons (Fsp3) is 0.632. The van der Waals surface area contributed by atoms with Gasteiger partial charge in [-0.2, -0.15) is 0 Å². The average Bonchev–Trinajstić information content (AvgIpc) is 2.82. The van der Waals surface area contributed by atoms with Crippen molar-refractivity contribution in [2.75, 3.05) is 31.6 Å². The molecule has 1 fully saturated rings. The van der Waals surface area contributed by atoms with Crippen LogP contribution in [0.4, 0.5) is 5.82 Å². The fourth-order valence-electron chi connectivity index (χ4n) is 4.39. The molecule has 0 amide bonds. The number of fused-ring (bicyclic) bond motifs is 3. The van der Waals surface area contributed by atoms with Gasteiger partial charge in [0.25, 0.3) is 0 Å². The Kier molecular flexibility index (Phi) is 5.09. The van der Waals surface area contributed by atoms with Crippen LogP contribution in [-0.2, 0) is 17.6 Å². The molecule has 1 atom stereocenters. The number of carbonyl (C=O) groups is 1. The minimum Gasteiger partial charge on any atom is -0.480 e. The highest BCUT2D eigenvalue weighted by atomic mass is 32.1. The maximum Gasteiger partial charge on any atom is 0.317 e. The summed E-state index contributed by atoms with van der Waals surface area (Å²) in [4.78, 5) is 27.3. The molecule has 0 radical (unpaired) electrons. The first kappa shape index (κ1) is 17.7. The van der Waals surface area contributed by atoms with Crippen molar-refractivity contribution in [2.24, 2.45) is 0 Å². The molecule has 1 saturated heterocycles. The highest BCUT2D eigenvalue weighted by Crippen LogP contribution is 2.39. The van der Waals surface area contributed by atoms with Gasteiger partial charge in [-0.3, -0.25) is 9.69 Å². The second-order valence-corrected chi connectivity index (χ2v) is 8.55. The molecule has 0 bridgehead atoms. The van der Waals surface area contributed by atoms with Crippen LogP contribution in [-0.4, -0.2) is 58.7 Å². The van der Waals surface area contributed by atoms with Gasteiger partial charge in [-0.25, -0.2) is 9.97 Å². The van der Waals surface area contributed by atoms with Crippen molar-refractivity contribution < 1.29 is 9.90 Å². The molecule has 1 aliphatic carbocycles. The normalized spacial score (nSPS) is 21.0. The van der Waals surface area contributed by atoms with E-state index in [-0.39, 0.29) is 6.54 Å². The predicted molar refractivity (Wildman–Crippen MR) is 104 cm³/mol. The van der Waals surface area contributed by atoms with Crippen molar-refractivity contribution in [3.8, 4) is 0 Å². The topological polar surface area (TPSA) is 69.6 Å². The van der Waals surface area contributed by atoms with Gasteiger partial charge in [0, 0.05) is 24.0 Å². The zero-order chi connectivity index (χ0) is 18.1. The number of nitrogens with zero attached hydrogens (tertiary/aromatic N) is 4. The largest absolute Gasteiger partial charge is 0.480 e. The first-order valence-electron chi connectivity index (χ1n) is 9.55. The van der Waals surface area contributed by atoms with Crippen LogP contribution in [0.1, 0.15) is 42.5 Å². The molecule has 2 aromatic rings. The van der Waals surface area contributed by atoms with E-state index in [1.54, 1.807) is 6.33 Å². The molecule has 0 spiro atoms. The summed E-state index contributed by atoms with van der Waals surface area (Å²) in [6.07, 6.45) is 9.65. The molecule has 0 aromatic carbocycles. The SMILES string of the molecule is CN(CC(=O)O)C1CCCN(c2ncnc3sc4c(c23)CCCC4)CC1. The minimum absolute atomic E-state index is 0.112. The van der Waals surface area contributed by atoms with Crippen LogP contribution in [0, 0.1) is 0 Å². The van der Waals surface area contributed by atoms with Gasteiger partial charge in [-0.1, -0.05) is 0 Å². The van der Waals surface area contributed by atoms with Gasteiger partial charge in [-0.15, -0.1) is 11.3 Å². The van der Waals surface area contributed by atoms with E-state index in [4.69, 9.17) is 5.11 Å². The standard InChI is InChI=1S/C19H26N4O2S/c1-22(11-16(24)25)13-5-4-9-23(10-8-13)18-17-14-6-2-3-7-15(14)26-19(17)21-12-20-18/h12-13H,2-11H2,1H3,(H,24,25). The lowest BCUT2D eigenvalue weighted by molar-refractivity contribution is -0.138. The Morgan fingerprint density at radius 1 is 1.27 bits per heavy atom. The summed E-state index contributed by atoms with van der Waals surface area (Å²) < 4.78 is 0. The summed E-state index contributed by atoms with van der Waals surface area (Å²) in [7, 11) is 1.92. The van der Waals surface area contributed by atoms with E-state index >= 15 is 0 Å². The second kappa shape index (κ2) is 7.48. The second-order valence-electron chi connectivity index (χ2n) is 7.47. The molecule has 7 heteroatoms. The zero-order valence-corrected chi connectivity index (χ0v) is 16.1. The van der Waals surface area contributed by atoms with E-state index in [2.05, 4.69) is 14.9 Å². The summed E-state index contributed by atoms with van der Waals surface area (Å²) in [5.74, 6) is 0.340. The quantitative estimate of drug-likeness (QED) is 0.887. The van der Waals surface area contributed by atoms with Gasteiger partial charge in [0.05, 0.1) is 11.9 Å². The van der Waals surface area contributed by atoms with Crippen LogP contribution >= 0.6 is 11.3 Å². The third-order valence-corrected chi connectivity index (χ3v) is 6.94. The summed E-state index contributed by atoms with van der Waals surface area (Å²) in [6.45, 7) is 2.01. The van der Waals surface area contributed by atoms with E-state index in [9.17, 15) is 4.79 Å². The van der Waals surface area contributed by atoms with Crippen molar-refractivity contribution in [3.05, 3.63) is 16.8 Å². The smallest absolute Gasteiger partial charge is 0.317 e. The highest BCUT2D eigenvalue weighted by Gasteiger charge is 2.26. The average molecular weight is 375 g/mol. The van der Waals surface area contributed by atoms with Gasteiger partial charge in [0.15, 0.2) is 0 Å². The third-order valence-electron chi connectivity index (χ3n) is 5.74. The number of carboxylic acid groups (broad SMARTS) is 1. The molecule has 0 saturated carbocycles. The Labute approximate surface area is 157 Å². The molecular weight excluding hydrogens is 348 g/mol. The van der Waals surface area contributed by atoms with E-state index < -0.39 is 5.97 Å². The molecule has 3 heterocycles. The number of aryl methyl sites for hydroxylation is 2. The maximum absolute atomic E-state index is 11.0. The Bertz CT molecular complexity index is 806. The molecule has 2 aliphatic rings. The number of aliphatic carboxylic acids is 1. The van der Waals surface area contributed by atoms with E-state index in [1.807, 2.05) is 23.3 Å². The van der Waals surface area contributed by atoms with Crippen LogP contribution in [0.2, 0.25) is 0 Å². The van der Waals surface area contributed by atoms with Gasteiger partial charge in [-0.05, 0) is 57.6 Å². The zero-order valence-electron chi connectivity index (χ0n) is 15.3. The Morgan fingerprint density at radius 3 is 2.96 bits per heavy atom. The van der Waals surface area contributed by atoms with Crippen molar-refractivity contribution in [1.29, 1.82) is 0 Å². The summed E-state index contributed by atoms with van der Waals surface area (Å²) in [5, 5.41) is 10.3. The number of aromatic nitrogens is 2. The lowest BCUT2D eigenvalue weighted by Crippen LogP contribution is -2.36. The van der Waals surface area contributed by atoms with Crippen molar-refractivity contribution >= 4 is 33.3 Å². The van der Waals surface area contributed by atoms with E-state index in [1.165, 1.54) is 35.1 Å². The van der Waals surface area contributed by atoms with Crippen LogP contribution < -0.4 is 4.90 Å². The number of carboxylic acids is 1. The highest BCUT2D eigenvalue weighted by molar-refractivity contribution is 7.19. The molecule has 1 unspecified atom stereocenters. The number of rotatable bonds is 4. The molecule has 6 nitrogen and oxygen atoms in total. The maximum atomic E-state index is 11.0. The van der Waals surface area contributed by atoms with Crippen molar-refractivity contribution in [2.45, 2.75) is 51.0 Å². The third kappa shape index (κ3) is 3.42. The number of hydrogen-bond acceptors (Lipinski definition) is 6. The monoisotopic (exact) mass is 374 g/mol. The Morgan fingerprint density at radius 2 is 2.12 bits per heavy atom. The molecule has 4 rings (SSSR count). The van der Waals surface area contributed by atoms with E-state index in [0.717, 1.165) is 49.4 Å². The summed E-state index contributed by atoms with van der Waals surface area (Å²) >= 11 is 1.84.